The summed E-state index contributed by atoms with van der Waals surface area (Å²) in [6.07, 6.45) is 1.05. The maximum Gasteiger partial charge on any atom is 0.251 e. The van der Waals surface area contributed by atoms with Crippen LogP contribution in [0.3, 0.4) is 0 Å². The number of carbonyl (C=O) groups excluding carboxylic acids is 1. The number of carbonyl (C=O) groups is 1. The minimum atomic E-state index is -3.56. The number of anilines is 1. The summed E-state index contributed by atoms with van der Waals surface area (Å²) in [5, 5.41) is 3.07. The van der Waals surface area contributed by atoms with Gasteiger partial charge in [-0.15, -0.1) is 0 Å². The van der Waals surface area contributed by atoms with Crippen molar-refractivity contribution in [1.82, 2.24) is 5.32 Å². The lowest BCUT2D eigenvalue weighted by atomic mass is 10.2. The Balaban J connectivity index is 2.04. The quantitative estimate of drug-likeness (QED) is 0.850. The minimum Gasteiger partial charge on any atom is -0.350 e. The predicted octanol–water partition coefficient (Wildman–Crippen LogP) is 2.68. The number of nitrogens with zero attached hydrogens (tertiary/aromatic N) is 1. The van der Waals surface area contributed by atoms with E-state index < -0.39 is 15.8 Å². The van der Waals surface area contributed by atoms with Gasteiger partial charge in [-0.2, -0.15) is 0 Å². The van der Waals surface area contributed by atoms with Gasteiger partial charge in [0.1, 0.15) is 5.82 Å². The fourth-order valence-corrected chi connectivity index (χ4v) is 3.21. The van der Waals surface area contributed by atoms with Gasteiger partial charge in [-0.05, 0) is 42.5 Å². The fraction of sp³-hybridized carbons (Fsp3) is 0.188. The molecule has 0 heterocycles. The minimum absolute atomic E-state index is 0.0246. The molecule has 0 bridgehead atoms. The van der Waals surface area contributed by atoms with E-state index in [1.807, 2.05) is 0 Å². The van der Waals surface area contributed by atoms with Gasteiger partial charge in [0.15, 0.2) is 0 Å². The Hall–Kier alpha value is -2.12. The molecule has 2 aromatic rings. The molecule has 2 rings (SSSR count). The molecule has 2 aromatic carbocycles. The second-order valence-electron chi connectivity index (χ2n) is 5.08. The third kappa shape index (κ3) is 4.94. The molecule has 0 atom stereocenters. The van der Waals surface area contributed by atoms with Gasteiger partial charge < -0.3 is 5.32 Å². The van der Waals surface area contributed by atoms with Crippen LogP contribution >= 0.6 is 11.6 Å². The number of amides is 1. The van der Waals surface area contributed by atoms with Gasteiger partial charge in [0.25, 0.3) is 5.91 Å². The summed E-state index contributed by atoms with van der Waals surface area (Å²) >= 11 is 5.83. The molecule has 0 aromatic heterocycles. The third-order valence-electron chi connectivity index (χ3n) is 3.20. The summed E-state index contributed by atoms with van der Waals surface area (Å²) in [6.45, 7) is 0.118. The van der Waals surface area contributed by atoms with Crippen LogP contribution < -0.4 is 9.62 Å². The van der Waals surface area contributed by atoms with Crippen molar-refractivity contribution in [3.05, 3.63) is 64.9 Å². The van der Waals surface area contributed by atoms with Crippen molar-refractivity contribution in [1.29, 1.82) is 0 Å². The number of benzene rings is 2. The van der Waals surface area contributed by atoms with Crippen LogP contribution in [0.2, 0.25) is 5.02 Å². The molecule has 24 heavy (non-hydrogen) atoms. The largest absolute Gasteiger partial charge is 0.350 e. The second-order valence-corrected chi connectivity index (χ2v) is 7.42. The first kappa shape index (κ1) is 18.2. The third-order valence-corrected chi connectivity index (χ3v) is 4.63. The van der Waals surface area contributed by atoms with Crippen molar-refractivity contribution in [3.8, 4) is 0 Å². The molecule has 0 unspecified atom stereocenters. The van der Waals surface area contributed by atoms with Crippen LogP contribution in [0.4, 0.5) is 10.1 Å². The van der Waals surface area contributed by atoms with Crippen molar-refractivity contribution in [2.45, 2.75) is 0 Å². The van der Waals surface area contributed by atoms with E-state index >= 15 is 0 Å². The summed E-state index contributed by atoms with van der Waals surface area (Å²) in [5.74, 6) is -0.813. The molecule has 0 aliphatic rings. The average Bonchev–Trinajstić information content (AvgIpc) is 2.51. The SMILES string of the molecule is CS(=O)(=O)N(CCNC(=O)c1cccc(Cl)c1)c1ccc(F)cc1. The van der Waals surface area contributed by atoms with Gasteiger partial charge >= 0.3 is 0 Å². The van der Waals surface area contributed by atoms with E-state index in [0.717, 1.165) is 10.6 Å². The van der Waals surface area contributed by atoms with Crippen LogP contribution in [-0.2, 0) is 10.0 Å². The maximum atomic E-state index is 13.0. The standard InChI is InChI=1S/C16H16ClFN2O3S/c1-24(22,23)20(15-7-5-14(18)6-8-15)10-9-19-16(21)12-3-2-4-13(17)11-12/h2-8,11H,9-10H2,1H3,(H,19,21). The monoisotopic (exact) mass is 370 g/mol. The summed E-state index contributed by atoms with van der Waals surface area (Å²) < 4.78 is 37.9. The smallest absolute Gasteiger partial charge is 0.251 e. The first-order valence-corrected chi connectivity index (χ1v) is 9.27. The highest BCUT2D eigenvalue weighted by Gasteiger charge is 2.17. The van der Waals surface area contributed by atoms with Crippen LogP contribution in [-0.4, -0.2) is 33.7 Å². The highest BCUT2D eigenvalue weighted by Crippen LogP contribution is 2.17. The van der Waals surface area contributed by atoms with E-state index in [9.17, 15) is 17.6 Å². The molecule has 128 valence electrons. The van der Waals surface area contributed by atoms with Gasteiger partial charge in [-0.25, -0.2) is 12.8 Å². The van der Waals surface area contributed by atoms with Crippen molar-refractivity contribution >= 4 is 33.2 Å². The van der Waals surface area contributed by atoms with Crippen LogP contribution in [0.15, 0.2) is 48.5 Å². The van der Waals surface area contributed by atoms with Gasteiger partial charge in [0.05, 0.1) is 18.5 Å². The molecule has 0 saturated heterocycles. The molecule has 5 nitrogen and oxygen atoms in total. The Morgan fingerprint density at radius 2 is 1.88 bits per heavy atom. The molecule has 1 N–H and O–H groups in total. The molecule has 0 aliphatic heterocycles. The van der Waals surface area contributed by atoms with E-state index in [1.165, 1.54) is 30.3 Å². The molecule has 0 saturated carbocycles. The van der Waals surface area contributed by atoms with Crippen molar-refractivity contribution in [3.63, 3.8) is 0 Å². The maximum absolute atomic E-state index is 13.0. The molecule has 0 aliphatic carbocycles. The Kier molecular flexibility index (Phi) is 5.80. The van der Waals surface area contributed by atoms with Gasteiger partial charge in [0.2, 0.25) is 10.0 Å². The Bertz CT molecular complexity index is 825. The van der Waals surface area contributed by atoms with Crippen LogP contribution in [0.1, 0.15) is 10.4 Å². The van der Waals surface area contributed by atoms with Crippen LogP contribution in [0.5, 0.6) is 0 Å². The lowest BCUT2D eigenvalue weighted by Crippen LogP contribution is -2.38. The number of nitrogens with one attached hydrogen (secondary N) is 1. The van der Waals surface area contributed by atoms with E-state index in [1.54, 1.807) is 18.2 Å². The zero-order chi connectivity index (χ0) is 17.7. The molecule has 1 amide bonds. The molecular formula is C16H16ClFN2O3S. The Labute approximate surface area is 145 Å². The highest BCUT2D eigenvalue weighted by atomic mass is 35.5. The number of sulfonamides is 1. The number of hydrogen-bond acceptors (Lipinski definition) is 3. The topological polar surface area (TPSA) is 66.5 Å². The zero-order valence-electron chi connectivity index (χ0n) is 12.9. The molecule has 0 fully saturated rings. The Morgan fingerprint density at radius 3 is 2.46 bits per heavy atom. The molecule has 8 heteroatoms. The average molecular weight is 371 g/mol. The lowest BCUT2D eigenvalue weighted by Gasteiger charge is -2.22. The zero-order valence-corrected chi connectivity index (χ0v) is 14.4. The van der Waals surface area contributed by atoms with Crippen LogP contribution in [0.25, 0.3) is 0 Å². The predicted molar refractivity (Wildman–Crippen MR) is 92.4 cm³/mol. The summed E-state index contributed by atoms with van der Waals surface area (Å²) in [7, 11) is -3.56. The first-order valence-electron chi connectivity index (χ1n) is 7.04. The molecule has 0 spiro atoms. The summed E-state index contributed by atoms with van der Waals surface area (Å²) in [4.78, 5) is 12.0. The van der Waals surface area contributed by atoms with Crippen molar-refractivity contribution < 1.29 is 17.6 Å². The van der Waals surface area contributed by atoms with Gasteiger partial charge in [-0.1, -0.05) is 17.7 Å². The van der Waals surface area contributed by atoms with E-state index in [4.69, 9.17) is 11.6 Å². The number of halogens is 2. The highest BCUT2D eigenvalue weighted by molar-refractivity contribution is 7.92. The Morgan fingerprint density at radius 1 is 1.21 bits per heavy atom. The second kappa shape index (κ2) is 7.63. The van der Waals surface area contributed by atoms with Gasteiger partial charge in [0, 0.05) is 17.1 Å². The van der Waals surface area contributed by atoms with E-state index in [2.05, 4.69) is 5.32 Å². The van der Waals surface area contributed by atoms with Crippen molar-refractivity contribution in [2.24, 2.45) is 0 Å². The van der Waals surface area contributed by atoms with Gasteiger partial charge in [-0.3, -0.25) is 9.10 Å². The lowest BCUT2D eigenvalue weighted by molar-refractivity contribution is 0.0955. The number of rotatable bonds is 6. The molecular weight excluding hydrogens is 355 g/mol. The van der Waals surface area contributed by atoms with E-state index in [-0.39, 0.29) is 19.0 Å². The summed E-state index contributed by atoms with van der Waals surface area (Å²) in [5.41, 5.74) is 0.714. The summed E-state index contributed by atoms with van der Waals surface area (Å²) in [6, 6.07) is 11.5. The number of hydrogen-bond donors (Lipinski definition) is 1. The normalized spacial score (nSPS) is 11.1. The van der Waals surface area contributed by atoms with E-state index in [0.29, 0.717) is 16.3 Å². The van der Waals surface area contributed by atoms with Crippen LogP contribution in [0, 0.1) is 5.82 Å². The fourth-order valence-electron chi connectivity index (χ4n) is 2.10. The molecule has 0 radical (unpaired) electrons. The first-order chi connectivity index (χ1) is 11.3. The van der Waals surface area contributed by atoms with Crippen molar-refractivity contribution in [2.75, 3.05) is 23.7 Å².